The number of oxime groups is 1. The number of nitrogens with zero attached hydrogens (tertiary/aromatic N) is 5. The number of aryl methyl sites for hydroxylation is 1. The van der Waals surface area contributed by atoms with Gasteiger partial charge in [0.05, 0.1) is 22.8 Å². The summed E-state index contributed by atoms with van der Waals surface area (Å²) in [6, 6.07) is -0.104. The van der Waals surface area contributed by atoms with Crippen molar-refractivity contribution in [2.75, 3.05) is 12.3 Å². The van der Waals surface area contributed by atoms with Gasteiger partial charge in [-0.05, 0) is 19.8 Å². The van der Waals surface area contributed by atoms with Gasteiger partial charge in [-0.25, -0.2) is 24.1 Å². The number of rotatable bonds is 10. The molecule has 0 radical (unpaired) electrons. The van der Waals surface area contributed by atoms with Gasteiger partial charge in [-0.3, -0.25) is 14.1 Å². The molecule has 7 N–H and O–H groups in total. The summed E-state index contributed by atoms with van der Waals surface area (Å²) in [4.78, 5) is 54.1. The molecule has 19 heteroatoms. The fraction of sp³-hybridized carbons (Fsp3) is 0.286. The normalized spacial score (nSPS) is 17.5. The molecule has 1 fully saturated rings. The molecule has 1 saturated heterocycles. The Morgan fingerprint density at radius 1 is 1.20 bits per heavy atom. The molecular weight excluding hydrogens is 574 g/mol. The second kappa shape index (κ2) is 10.9. The molecule has 40 heavy (non-hydrogen) atoms. The topological polar surface area (TPSA) is 268 Å². The van der Waals surface area contributed by atoms with Gasteiger partial charge in [0.15, 0.2) is 28.0 Å². The van der Waals surface area contributed by atoms with Gasteiger partial charge < -0.3 is 31.2 Å². The highest BCUT2D eigenvalue weighted by atomic mass is 32.2. The number of phenolic OH excluding ortho intramolecular Hbond substituents is 2. The third-order valence-corrected chi connectivity index (χ3v) is 7.37. The summed E-state index contributed by atoms with van der Waals surface area (Å²) in [7, 11) is -4.79. The van der Waals surface area contributed by atoms with E-state index < -0.39 is 51.7 Å². The van der Waals surface area contributed by atoms with Gasteiger partial charge in [0.2, 0.25) is 0 Å². The maximum atomic E-state index is 12.9. The van der Waals surface area contributed by atoms with Crippen LogP contribution in [-0.2, 0) is 31.2 Å². The maximum Gasteiger partial charge on any atom is 0.362 e. The molecule has 1 aliphatic rings. The van der Waals surface area contributed by atoms with Crippen LogP contribution in [0, 0.1) is 0 Å². The van der Waals surface area contributed by atoms with Crippen LogP contribution in [0.3, 0.4) is 0 Å². The molecular formula is C21H21N7O10S2. The highest BCUT2D eigenvalue weighted by Gasteiger charge is 2.51. The zero-order valence-corrected chi connectivity index (χ0v) is 22.0. The Morgan fingerprint density at radius 3 is 2.40 bits per heavy atom. The third-order valence-electron chi connectivity index (χ3n) is 5.69. The van der Waals surface area contributed by atoms with Crippen molar-refractivity contribution in [3.63, 3.8) is 0 Å². The largest absolute Gasteiger partial charge is 0.504 e. The number of carboxylic acid groups (broad SMARTS) is 1. The number of fused-ring (bicyclic) bond motifs is 1. The minimum absolute atomic E-state index is 0.0164. The van der Waals surface area contributed by atoms with Crippen LogP contribution in [-0.4, -0.2) is 89.7 Å². The molecule has 212 valence electrons. The molecule has 0 saturated carbocycles. The monoisotopic (exact) mass is 595 g/mol. The minimum atomic E-state index is -4.79. The average molecular weight is 596 g/mol. The number of anilines is 1. The zero-order valence-electron chi connectivity index (χ0n) is 20.4. The Labute approximate surface area is 228 Å². The van der Waals surface area contributed by atoms with Crippen LogP contribution >= 0.6 is 11.3 Å². The first-order valence-electron chi connectivity index (χ1n) is 11.3. The van der Waals surface area contributed by atoms with Crippen molar-refractivity contribution in [2.45, 2.75) is 31.8 Å². The smallest absolute Gasteiger partial charge is 0.362 e. The van der Waals surface area contributed by atoms with Crippen molar-refractivity contribution in [3.8, 4) is 11.5 Å². The number of amides is 2. The number of hydrogen-bond donors (Lipinski definition) is 6. The minimum Gasteiger partial charge on any atom is -0.504 e. The summed E-state index contributed by atoms with van der Waals surface area (Å²) >= 11 is 1.00. The van der Waals surface area contributed by atoms with Gasteiger partial charge in [0.1, 0.15) is 18.3 Å². The number of nitrogens with one attached hydrogen (secondary N) is 1. The van der Waals surface area contributed by atoms with Gasteiger partial charge in [0.25, 0.3) is 11.8 Å². The quantitative estimate of drug-likeness (QED) is 0.0437. The number of hydrogen-bond acceptors (Lipinski definition) is 14. The molecule has 2 aromatic heterocycles. The number of nitrogen functional groups attached to an aromatic ring is 1. The van der Waals surface area contributed by atoms with Crippen LogP contribution in [0.5, 0.6) is 11.5 Å². The Bertz CT molecular complexity index is 1660. The summed E-state index contributed by atoms with van der Waals surface area (Å²) in [6.07, 6.45) is 0.204. The molecule has 0 aliphatic carbocycles. The molecule has 17 nitrogen and oxygen atoms in total. The number of β-lactam (4-membered cyclic amide) rings is 1. The Hall–Kier alpha value is -4.62. The summed E-state index contributed by atoms with van der Waals surface area (Å²) in [5.41, 5.74) is 5.21. The third kappa shape index (κ3) is 5.70. The number of benzene rings is 1. The van der Waals surface area contributed by atoms with Gasteiger partial charge in [0, 0.05) is 17.5 Å². The summed E-state index contributed by atoms with van der Waals surface area (Å²) in [6.45, 7) is 1.17. The standard InChI is InChI=1S/C21H21N7O10S2/c1-8-15(19(32)28(8)40(35,36)37)26-18(31)16(12-7-39-21(22)25-12)27-38-4-2-3-9-17(20(33)34)24-11-6-14(30)13(29)5-10(11)23-9/h5-8,15,29-30H,2-4H2,1H3,(H2,22,25)(H,26,31)(H,33,34)(H,35,36,37). The van der Waals surface area contributed by atoms with E-state index in [-0.39, 0.29) is 62.7 Å². The zero-order chi connectivity index (χ0) is 29.4. The summed E-state index contributed by atoms with van der Waals surface area (Å²) < 4.78 is 31.9. The predicted octanol–water partition coefficient (Wildman–Crippen LogP) is -0.350. The first-order chi connectivity index (χ1) is 18.8. The van der Waals surface area contributed by atoms with Gasteiger partial charge >= 0.3 is 16.3 Å². The molecule has 0 spiro atoms. The molecule has 1 aromatic carbocycles. The van der Waals surface area contributed by atoms with Crippen molar-refractivity contribution >= 4 is 61.3 Å². The van der Waals surface area contributed by atoms with Crippen molar-refractivity contribution < 1.29 is 47.5 Å². The number of thiazole rings is 1. The first kappa shape index (κ1) is 28.4. The van der Waals surface area contributed by atoms with Crippen molar-refractivity contribution in [3.05, 3.63) is 34.6 Å². The molecule has 2 atom stereocenters. The van der Waals surface area contributed by atoms with Crippen LogP contribution in [0.1, 0.15) is 35.2 Å². The summed E-state index contributed by atoms with van der Waals surface area (Å²) in [5, 5.41) is 36.5. The molecule has 2 unspecified atom stereocenters. The van der Waals surface area contributed by atoms with E-state index in [0.717, 1.165) is 23.5 Å². The Kier molecular flexibility index (Phi) is 7.71. The van der Waals surface area contributed by atoms with Gasteiger partial charge in [-0.1, -0.05) is 5.16 Å². The lowest BCUT2D eigenvalue weighted by molar-refractivity contribution is -0.143. The molecule has 4 rings (SSSR count). The number of aromatic nitrogens is 3. The van der Waals surface area contributed by atoms with Crippen LogP contribution in [0.15, 0.2) is 22.7 Å². The van der Waals surface area contributed by atoms with E-state index in [4.69, 9.17) is 15.1 Å². The summed E-state index contributed by atoms with van der Waals surface area (Å²) in [5.74, 6) is -4.27. The molecule has 3 aromatic rings. The maximum absolute atomic E-state index is 12.9. The number of aromatic hydroxyl groups is 2. The second-order valence-electron chi connectivity index (χ2n) is 8.40. The lowest BCUT2D eigenvalue weighted by Crippen LogP contribution is -2.71. The van der Waals surface area contributed by atoms with E-state index in [2.05, 4.69) is 25.4 Å². The highest BCUT2D eigenvalue weighted by Crippen LogP contribution is 2.29. The number of nitrogens with two attached hydrogens (primary N) is 1. The number of carbonyl (C=O) groups is 3. The number of carbonyl (C=O) groups excluding carboxylic acids is 2. The van der Waals surface area contributed by atoms with E-state index in [0.29, 0.717) is 0 Å². The van der Waals surface area contributed by atoms with Gasteiger partial charge in [-0.15, -0.1) is 11.3 Å². The lowest BCUT2D eigenvalue weighted by atomic mass is 10.0. The first-order valence-corrected chi connectivity index (χ1v) is 13.5. The number of aromatic carboxylic acids is 1. The SMILES string of the molecule is CC1C(NC(=O)C(=NOCCCc2nc3cc(O)c(O)cc3nc2C(=O)O)c2csc(N)n2)C(=O)N1S(=O)(=O)O. The van der Waals surface area contributed by atoms with Crippen LogP contribution in [0.25, 0.3) is 11.0 Å². The average Bonchev–Trinajstić information content (AvgIpc) is 3.29. The number of carboxylic acids is 1. The van der Waals surface area contributed by atoms with E-state index in [1.807, 2.05) is 0 Å². The van der Waals surface area contributed by atoms with E-state index >= 15 is 0 Å². The van der Waals surface area contributed by atoms with E-state index in [9.17, 15) is 38.1 Å². The van der Waals surface area contributed by atoms with Gasteiger partial charge in [-0.2, -0.15) is 8.42 Å². The molecule has 1 aliphatic heterocycles. The van der Waals surface area contributed by atoms with Crippen molar-refractivity contribution in [1.82, 2.24) is 24.6 Å². The second-order valence-corrected chi connectivity index (χ2v) is 10.6. The predicted molar refractivity (Wildman–Crippen MR) is 137 cm³/mol. The van der Waals surface area contributed by atoms with Crippen LogP contribution in [0.2, 0.25) is 0 Å². The number of phenols is 2. The fourth-order valence-electron chi connectivity index (χ4n) is 3.79. The lowest BCUT2D eigenvalue weighted by Gasteiger charge is -2.42. The molecule has 0 bridgehead atoms. The fourth-order valence-corrected chi connectivity index (χ4v) is 5.22. The van der Waals surface area contributed by atoms with Crippen molar-refractivity contribution in [1.29, 1.82) is 0 Å². The Balaban J connectivity index is 1.45. The van der Waals surface area contributed by atoms with E-state index in [1.165, 1.54) is 12.3 Å². The Morgan fingerprint density at radius 2 is 1.85 bits per heavy atom. The molecule has 2 amide bonds. The molecule has 3 heterocycles. The highest BCUT2D eigenvalue weighted by molar-refractivity contribution is 7.84. The van der Waals surface area contributed by atoms with Crippen LogP contribution < -0.4 is 11.1 Å². The van der Waals surface area contributed by atoms with Crippen LogP contribution in [0.4, 0.5) is 5.13 Å². The van der Waals surface area contributed by atoms with E-state index in [1.54, 1.807) is 0 Å². The van der Waals surface area contributed by atoms with Crippen molar-refractivity contribution in [2.24, 2.45) is 5.16 Å².